The van der Waals surface area contributed by atoms with Gasteiger partial charge in [0, 0.05) is 11.1 Å². The van der Waals surface area contributed by atoms with Crippen molar-refractivity contribution < 1.29 is 19.0 Å². The van der Waals surface area contributed by atoms with Gasteiger partial charge in [0.15, 0.2) is 11.5 Å². The number of ether oxygens (including phenoxy) is 3. The van der Waals surface area contributed by atoms with Crippen molar-refractivity contribution >= 4 is 23.7 Å². The number of hydrogen-bond acceptors (Lipinski definition) is 6. The third-order valence-corrected chi connectivity index (χ3v) is 4.37. The standard InChI is InChI=1S/C20H19ClN4O4/c1-27-17-8-12(9-18(28-2)19(17)29-3)11-22-25-20(26)16-10-15(23-24-16)13-6-4-5-7-14(13)21/h4-11H,1-3H3,(H,23,24)(H,25,26)/b22-11-. The molecule has 0 aliphatic heterocycles. The summed E-state index contributed by atoms with van der Waals surface area (Å²) in [6.45, 7) is 0. The van der Waals surface area contributed by atoms with E-state index in [1.54, 1.807) is 24.3 Å². The van der Waals surface area contributed by atoms with Crippen molar-refractivity contribution in [3.63, 3.8) is 0 Å². The lowest BCUT2D eigenvalue weighted by Crippen LogP contribution is -2.18. The number of hydrogen-bond donors (Lipinski definition) is 2. The van der Waals surface area contributed by atoms with Crippen molar-refractivity contribution in [1.82, 2.24) is 15.6 Å². The Balaban J connectivity index is 1.73. The molecule has 150 valence electrons. The maximum absolute atomic E-state index is 12.3. The minimum absolute atomic E-state index is 0.252. The first-order chi connectivity index (χ1) is 14.1. The molecule has 8 nitrogen and oxygen atoms in total. The molecule has 0 fully saturated rings. The summed E-state index contributed by atoms with van der Waals surface area (Å²) in [6.07, 6.45) is 1.47. The Bertz CT molecular complexity index is 1020. The monoisotopic (exact) mass is 414 g/mol. The van der Waals surface area contributed by atoms with Crippen molar-refractivity contribution in [2.75, 3.05) is 21.3 Å². The number of aromatic amines is 1. The van der Waals surface area contributed by atoms with Crippen LogP contribution in [0.4, 0.5) is 0 Å². The molecule has 1 heterocycles. The lowest BCUT2D eigenvalue weighted by Gasteiger charge is -2.12. The number of hydrazone groups is 1. The van der Waals surface area contributed by atoms with E-state index in [0.717, 1.165) is 5.56 Å². The maximum Gasteiger partial charge on any atom is 0.289 e. The van der Waals surface area contributed by atoms with E-state index < -0.39 is 5.91 Å². The number of carbonyl (C=O) groups excluding carboxylic acids is 1. The Hall–Kier alpha value is -3.52. The van der Waals surface area contributed by atoms with Crippen LogP contribution in [0.2, 0.25) is 5.02 Å². The highest BCUT2D eigenvalue weighted by Crippen LogP contribution is 2.37. The molecule has 3 aromatic rings. The number of benzene rings is 2. The Kier molecular flexibility index (Phi) is 6.36. The van der Waals surface area contributed by atoms with Gasteiger partial charge < -0.3 is 14.2 Å². The van der Waals surface area contributed by atoms with Gasteiger partial charge in [-0.05, 0) is 24.3 Å². The minimum atomic E-state index is -0.445. The van der Waals surface area contributed by atoms with Gasteiger partial charge >= 0.3 is 0 Å². The molecule has 0 bridgehead atoms. The summed E-state index contributed by atoms with van der Waals surface area (Å²) in [5.74, 6) is 0.996. The van der Waals surface area contributed by atoms with Gasteiger partial charge in [0.1, 0.15) is 5.69 Å². The zero-order valence-corrected chi connectivity index (χ0v) is 16.8. The molecule has 0 saturated carbocycles. The van der Waals surface area contributed by atoms with Crippen LogP contribution in [0.5, 0.6) is 17.2 Å². The summed E-state index contributed by atoms with van der Waals surface area (Å²) < 4.78 is 15.9. The Morgan fingerprint density at radius 3 is 2.41 bits per heavy atom. The Labute approximate surface area is 172 Å². The van der Waals surface area contributed by atoms with Gasteiger partial charge in [0.05, 0.1) is 38.3 Å². The summed E-state index contributed by atoms with van der Waals surface area (Å²) in [6, 6.07) is 12.3. The fourth-order valence-electron chi connectivity index (χ4n) is 2.65. The molecule has 0 unspecified atom stereocenters. The predicted octanol–water partition coefficient (Wildman–Crippen LogP) is 3.52. The van der Waals surface area contributed by atoms with Crippen molar-refractivity contribution in [2.24, 2.45) is 5.10 Å². The number of H-pyrrole nitrogens is 1. The molecule has 3 rings (SSSR count). The molecular formula is C20H19ClN4O4. The van der Waals surface area contributed by atoms with Crippen LogP contribution < -0.4 is 19.6 Å². The van der Waals surface area contributed by atoms with Crippen LogP contribution in [0.25, 0.3) is 11.3 Å². The molecule has 0 atom stereocenters. The molecule has 0 spiro atoms. The molecular weight excluding hydrogens is 396 g/mol. The molecule has 0 aliphatic carbocycles. The van der Waals surface area contributed by atoms with E-state index in [0.29, 0.717) is 33.5 Å². The smallest absolute Gasteiger partial charge is 0.289 e. The first kappa shape index (κ1) is 20.2. The summed E-state index contributed by atoms with van der Waals surface area (Å²) in [4.78, 5) is 12.3. The van der Waals surface area contributed by atoms with Crippen LogP contribution in [0.15, 0.2) is 47.6 Å². The van der Waals surface area contributed by atoms with Gasteiger partial charge in [0.2, 0.25) is 5.75 Å². The van der Waals surface area contributed by atoms with Crippen LogP contribution >= 0.6 is 11.6 Å². The average Bonchev–Trinajstić information content (AvgIpc) is 3.23. The van der Waals surface area contributed by atoms with E-state index in [1.165, 1.54) is 27.5 Å². The molecule has 2 N–H and O–H groups in total. The fraction of sp³-hybridized carbons (Fsp3) is 0.150. The zero-order chi connectivity index (χ0) is 20.8. The summed E-state index contributed by atoms with van der Waals surface area (Å²) in [7, 11) is 4.57. The van der Waals surface area contributed by atoms with Crippen molar-refractivity contribution in [2.45, 2.75) is 0 Å². The summed E-state index contributed by atoms with van der Waals surface area (Å²) >= 11 is 6.16. The minimum Gasteiger partial charge on any atom is -0.493 e. The number of aromatic nitrogens is 2. The van der Waals surface area contributed by atoms with Crippen LogP contribution in [-0.4, -0.2) is 43.6 Å². The first-order valence-electron chi connectivity index (χ1n) is 8.51. The average molecular weight is 415 g/mol. The number of rotatable bonds is 7. The van der Waals surface area contributed by atoms with Gasteiger partial charge in [-0.1, -0.05) is 29.8 Å². The summed E-state index contributed by atoms with van der Waals surface area (Å²) in [5.41, 5.74) is 4.64. The van der Waals surface area contributed by atoms with Crippen LogP contribution in [0, 0.1) is 0 Å². The molecule has 1 amide bonds. The van der Waals surface area contributed by atoms with Gasteiger partial charge in [-0.15, -0.1) is 0 Å². The lowest BCUT2D eigenvalue weighted by molar-refractivity contribution is 0.0950. The number of carbonyl (C=O) groups is 1. The predicted molar refractivity (Wildman–Crippen MR) is 110 cm³/mol. The van der Waals surface area contributed by atoms with E-state index in [9.17, 15) is 4.79 Å². The van der Waals surface area contributed by atoms with Gasteiger partial charge in [0.25, 0.3) is 5.91 Å². The van der Waals surface area contributed by atoms with E-state index in [4.69, 9.17) is 25.8 Å². The topological polar surface area (TPSA) is 97.8 Å². The highest BCUT2D eigenvalue weighted by Gasteiger charge is 2.14. The Morgan fingerprint density at radius 1 is 1.10 bits per heavy atom. The molecule has 0 aliphatic rings. The highest BCUT2D eigenvalue weighted by molar-refractivity contribution is 6.33. The van der Waals surface area contributed by atoms with E-state index in [1.807, 2.05) is 18.2 Å². The zero-order valence-electron chi connectivity index (χ0n) is 16.0. The Morgan fingerprint density at radius 2 is 1.79 bits per heavy atom. The molecule has 0 saturated heterocycles. The van der Waals surface area contributed by atoms with Crippen LogP contribution in [-0.2, 0) is 0 Å². The van der Waals surface area contributed by atoms with Crippen LogP contribution in [0.3, 0.4) is 0 Å². The number of halogens is 1. The third kappa shape index (κ3) is 4.49. The number of amides is 1. The lowest BCUT2D eigenvalue weighted by atomic mass is 10.1. The number of nitrogens with zero attached hydrogens (tertiary/aromatic N) is 2. The molecule has 2 aromatic carbocycles. The van der Waals surface area contributed by atoms with E-state index in [2.05, 4.69) is 20.7 Å². The quantitative estimate of drug-likeness (QED) is 0.455. The fourth-order valence-corrected chi connectivity index (χ4v) is 2.88. The molecule has 1 aromatic heterocycles. The van der Waals surface area contributed by atoms with E-state index >= 15 is 0 Å². The summed E-state index contributed by atoms with van der Waals surface area (Å²) in [5, 5.41) is 11.3. The van der Waals surface area contributed by atoms with Gasteiger partial charge in [-0.3, -0.25) is 9.89 Å². The van der Waals surface area contributed by atoms with Crippen molar-refractivity contribution in [1.29, 1.82) is 0 Å². The normalized spacial score (nSPS) is 10.8. The van der Waals surface area contributed by atoms with Gasteiger partial charge in [-0.25, -0.2) is 5.43 Å². The third-order valence-electron chi connectivity index (χ3n) is 4.04. The first-order valence-corrected chi connectivity index (χ1v) is 8.89. The van der Waals surface area contributed by atoms with Crippen LogP contribution in [0.1, 0.15) is 16.1 Å². The molecule has 0 radical (unpaired) electrons. The second-order valence-electron chi connectivity index (χ2n) is 5.80. The number of nitrogens with one attached hydrogen (secondary N) is 2. The molecule has 29 heavy (non-hydrogen) atoms. The molecule has 9 heteroatoms. The number of methoxy groups -OCH3 is 3. The largest absolute Gasteiger partial charge is 0.493 e. The highest BCUT2D eigenvalue weighted by atomic mass is 35.5. The van der Waals surface area contributed by atoms with Crippen molar-refractivity contribution in [3.05, 3.63) is 58.7 Å². The second-order valence-corrected chi connectivity index (χ2v) is 6.21. The maximum atomic E-state index is 12.3. The second kappa shape index (κ2) is 9.11. The van der Waals surface area contributed by atoms with E-state index in [-0.39, 0.29) is 5.69 Å². The van der Waals surface area contributed by atoms with Crippen molar-refractivity contribution in [3.8, 4) is 28.5 Å². The SMILES string of the molecule is COc1cc(/C=N\NC(=O)c2cc(-c3ccccc3Cl)n[nH]2)cc(OC)c1OC. The van der Waals surface area contributed by atoms with Gasteiger partial charge in [-0.2, -0.15) is 10.2 Å².